The molecule has 0 aromatic heterocycles. The zero-order valence-electron chi connectivity index (χ0n) is 12.4. The number of urea groups is 1. The Kier molecular flexibility index (Phi) is 6.80. The van der Waals surface area contributed by atoms with E-state index >= 15 is 0 Å². The van der Waals surface area contributed by atoms with Crippen molar-refractivity contribution in [3.8, 4) is 0 Å². The highest BCUT2D eigenvalue weighted by atomic mass is 32.2. The van der Waals surface area contributed by atoms with E-state index < -0.39 is 23.9 Å². The smallest absolute Gasteiger partial charge is 0.326 e. The van der Waals surface area contributed by atoms with Crippen LogP contribution in [0.15, 0.2) is 0 Å². The molecule has 1 aliphatic rings. The number of hydrogen-bond donors (Lipinski definition) is 3. The van der Waals surface area contributed by atoms with Crippen molar-refractivity contribution < 1.29 is 19.5 Å². The van der Waals surface area contributed by atoms with Crippen molar-refractivity contribution in [3.05, 3.63) is 0 Å². The number of piperidine rings is 1. The predicted octanol–water partition coefficient (Wildman–Crippen LogP) is 0.488. The number of nitrogens with two attached hydrogens (primary N) is 1. The second-order valence-corrected chi connectivity index (χ2v) is 6.29. The molecule has 1 heterocycles. The van der Waals surface area contributed by atoms with Gasteiger partial charge in [0, 0.05) is 12.6 Å². The van der Waals surface area contributed by atoms with Gasteiger partial charge in [-0.05, 0) is 38.2 Å². The maximum absolute atomic E-state index is 12.2. The van der Waals surface area contributed by atoms with E-state index in [-0.39, 0.29) is 18.5 Å². The molecule has 0 bridgehead atoms. The fourth-order valence-corrected chi connectivity index (χ4v) is 2.82. The third-order valence-corrected chi connectivity index (χ3v) is 4.40. The first kappa shape index (κ1) is 17.6. The molecule has 1 saturated heterocycles. The lowest BCUT2D eigenvalue weighted by Crippen LogP contribution is -2.55. The number of carbonyl (C=O) groups is 3. The maximum Gasteiger partial charge on any atom is 0.326 e. The number of rotatable bonds is 6. The van der Waals surface area contributed by atoms with Crippen LogP contribution in [-0.2, 0) is 9.59 Å². The summed E-state index contributed by atoms with van der Waals surface area (Å²) >= 11 is 1.53. The molecule has 0 aliphatic carbocycles. The third kappa shape index (κ3) is 5.11. The normalized spacial score (nSPS) is 23.4. The number of hydrogen-bond acceptors (Lipinski definition) is 4. The van der Waals surface area contributed by atoms with Gasteiger partial charge in [0.2, 0.25) is 5.91 Å². The quantitative estimate of drug-likeness (QED) is 0.660. The number of amides is 3. The van der Waals surface area contributed by atoms with Gasteiger partial charge in [-0.25, -0.2) is 9.59 Å². The molecule has 4 N–H and O–H groups in total. The Balaban J connectivity index is 2.66. The van der Waals surface area contributed by atoms with Gasteiger partial charge in [0.1, 0.15) is 6.04 Å². The summed E-state index contributed by atoms with van der Waals surface area (Å²) in [5.74, 6) is -1.18. The van der Waals surface area contributed by atoms with Gasteiger partial charge < -0.3 is 21.1 Å². The standard InChI is InChI=1S/C13H23N3O4S/c1-8-3-4-9(11(14)17)7-16(8)13(20)15-10(12(18)19)5-6-21-2/h8-10H,3-7H2,1-2H3,(H2,14,17)(H,15,20)(H,18,19)/t8?,9?,10-/m0/s1. The fraction of sp³-hybridized carbons (Fsp3) is 0.769. The van der Waals surface area contributed by atoms with Gasteiger partial charge in [-0.3, -0.25) is 4.79 Å². The number of nitrogens with zero attached hydrogens (tertiary/aromatic N) is 1. The van der Waals surface area contributed by atoms with E-state index in [1.807, 2.05) is 13.2 Å². The van der Waals surface area contributed by atoms with Crippen LogP contribution in [0.5, 0.6) is 0 Å². The maximum atomic E-state index is 12.2. The molecule has 0 saturated carbocycles. The molecule has 120 valence electrons. The van der Waals surface area contributed by atoms with Crippen LogP contribution >= 0.6 is 11.8 Å². The summed E-state index contributed by atoms with van der Waals surface area (Å²) in [6.45, 7) is 2.13. The number of likely N-dealkylation sites (tertiary alicyclic amines) is 1. The van der Waals surface area contributed by atoms with Crippen molar-refractivity contribution in [2.45, 2.75) is 38.3 Å². The van der Waals surface area contributed by atoms with Crippen molar-refractivity contribution >= 4 is 29.7 Å². The van der Waals surface area contributed by atoms with Crippen LogP contribution in [0.25, 0.3) is 0 Å². The zero-order valence-corrected chi connectivity index (χ0v) is 13.2. The van der Waals surface area contributed by atoms with Crippen LogP contribution in [0.4, 0.5) is 4.79 Å². The van der Waals surface area contributed by atoms with E-state index in [4.69, 9.17) is 10.8 Å². The van der Waals surface area contributed by atoms with E-state index in [1.54, 1.807) is 0 Å². The minimum atomic E-state index is -1.05. The minimum Gasteiger partial charge on any atom is -0.480 e. The van der Waals surface area contributed by atoms with Crippen LogP contribution in [0, 0.1) is 5.92 Å². The number of carbonyl (C=O) groups excluding carboxylic acids is 2. The van der Waals surface area contributed by atoms with E-state index in [0.29, 0.717) is 25.0 Å². The number of primary amides is 1. The summed E-state index contributed by atoms with van der Waals surface area (Å²) in [7, 11) is 0. The average Bonchev–Trinajstić information content (AvgIpc) is 2.42. The molecule has 0 aromatic carbocycles. The summed E-state index contributed by atoms with van der Waals surface area (Å²) in [5, 5.41) is 11.7. The predicted molar refractivity (Wildman–Crippen MR) is 81.0 cm³/mol. The average molecular weight is 317 g/mol. The van der Waals surface area contributed by atoms with E-state index in [9.17, 15) is 14.4 Å². The van der Waals surface area contributed by atoms with Gasteiger partial charge in [-0.2, -0.15) is 11.8 Å². The largest absolute Gasteiger partial charge is 0.480 e. The third-order valence-electron chi connectivity index (χ3n) is 3.75. The number of aliphatic carboxylic acids is 1. The topological polar surface area (TPSA) is 113 Å². The van der Waals surface area contributed by atoms with Crippen molar-refractivity contribution in [1.82, 2.24) is 10.2 Å². The number of carboxylic acid groups (broad SMARTS) is 1. The van der Waals surface area contributed by atoms with Crippen LogP contribution in [-0.4, -0.2) is 58.6 Å². The fourth-order valence-electron chi connectivity index (χ4n) is 2.35. The van der Waals surface area contributed by atoms with Gasteiger partial charge in [0.25, 0.3) is 0 Å². The number of nitrogens with one attached hydrogen (secondary N) is 1. The van der Waals surface area contributed by atoms with Crippen LogP contribution < -0.4 is 11.1 Å². The monoisotopic (exact) mass is 317 g/mol. The highest BCUT2D eigenvalue weighted by Gasteiger charge is 2.33. The van der Waals surface area contributed by atoms with Crippen LogP contribution in [0.2, 0.25) is 0 Å². The summed E-state index contributed by atoms with van der Waals surface area (Å²) in [5.41, 5.74) is 5.30. The van der Waals surface area contributed by atoms with Crippen LogP contribution in [0.1, 0.15) is 26.2 Å². The Morgan fingerprint density at radius 1 is 1.43 bits per heavy atom. The lowest BCUT2D eigenvalue weighted by molar-refractivity contribution is -0.139. The first-order chi connectivity index (χ1) is 9.86. The summed E-state index contributed by atoms with van der Waals surface area (Å²) in [4.78, 5) is 36.2. The summed E-state index contributed by atoms with van der Waals surface area (Å²) in [6.07, 6.45) is 3.59. The van der Waals surface area contributed by atoms with Gasteiger partial charge >= 0.3 is 12.0 Å². The number of carboxylic acids is 1. The first-order valence-corrected chi connectivity index (χ1v) is 8.34. The van der Waals surface area contributed by atoms with E-state index in [0.717, 1.165) is 0 Å². The van der Waals surface area contributed by atoms with Crippen molar-refractivity contribution in [2.24, 2.45) is 11.7 Å². The highest BCUT2D eigenvalue weighted by molar-refractivity contribution is 7.98. The van der Waals surface area contributed by atoms with Gasteiger partial charge in [0.15, 0.2) is 0 Å². The Hall–Kier alpha value is -1.44. The second-order valence-electron chi connectivity index (χ2n) is 5.30. The lowest BCUT2D eigenvalue weighted by atomic mass is 9.93. The van der Waals surface area contributed by atoms with E-state index in [2.05, 4.69) is 5.32 Å². The molecule has 0 radical (unpaired) electrons. The molecule has 0 aromatic rings. The summed E-state index contributed by atoms with van der Waals surface area (Å²) < 4.78 is 0. The molecule has 1 fully saturated rings. The number of thioether (sulfide) groups is 1. The second kappa shape index (κ2) is 8.11. The van der Waals surface area contributed by atoms with Gasteiger partial charge in [-0.1, -0.05) is 0 Å². The molecule has 8 heteroatoms. The lowest BCUT2D eigenvalue weighted by Gasteiger charge is -2.37. The molecule has 3 amide bonds. The van der Waals surface area contributed by atoms with Crippen molar-refractivity contribution in [2.75, 3.05) is 18.6 Å². The molecular formula is C13H23N3O4S. The molecule has 1 rings (SSSR count). The molecule has 7 nitrogen and oxygen atoms in total. The Labute approximate surface area is 128 Å². The first-order valence-electron chi connectivity index (χ1n) is 6.95. The molecular weight excluding hydrogens is 294 g/mol. The zero-order chi connectivity index (χ0) is 16.0. The van der Waals surface area contributed by atoms with Gasteiger partial charge in [-0.15, -0.1) is 0 Å². The van der Waals surface area contributed by atoms with Gasteiger partial charge in [0.05, 0.1) is 5.92 Å². The summed E-state index contributed by atoms with van der Waals surface area (Å²) in [6, 6.07) is -1.39. The molecule has 3 atom stereocenters. The Morgan fingerprint density at radius 3 is 2.62 bits per heavy atom. The van der Waals surface area contributed by atoms with Crippen molar-refractivity contribution in [1.29, 1.82) is 0 Å². The van der Waals surface area contributed by atoms with Crippen molar-refractivity contribution in [3.63, 3.8) is 0 Å². The molecule has 2 unspecified atom stereocenters. The molecule has 1 aliphatic heterocycles. The Bertz CT molecular complexity index is 405. The Morgan fingerprint density at radius 2 is 2.10 bits per heavy atom. The minimum absolute atomic E-state index is 0.0319. The SMILES string of the molecule is CSCC[C@H](NC(=O)N1CC(C(N)=O)CCC1C)C(=O)O. The van der Waals surface area contributed by atoms with E-state index in [1.165, 1.54) is 16.7 Å². The highest BCUT2D eigenvalue weighted by Crippen LogP contribution is 2.21. The molecule has 0 spiro atoms. The van der Waals surface area contributed by atoms with Crippen LogP contribution in [0.3, 0.4) is 0 Å². The molecule has 21 heavy (non-hydrogen) atoms.